The molecule has 0 aromatic carbocycles. The summed E-state index contributed by atoms with van der Waals surface area (Å²) in [6.45, 7) is 6.51. The fourth-order valence-corrected chi connectivity index (χ4v) is 8.83. The van der Waals surface area contributed by atoms with Crippen LogP contribution >= 0.6 is 0 Å². The molecule has 0 radical (unpaired) electrons. The van der Waals surface area contributed by atoms with Gasteiger partial charge in [0.2, 0.25) is 0 Å². The predicted octanol–water partition coefficient (Wildman–Crippen LogP) is 20.9. The number of ether oxygens (including phenoxy) is 3. The Bertz CT molecular complexity index is 1340. The summed E-state index contributed by atoms with van der Waals surface area (Å²) in [4.78, 5) is 38.3. The van der Waals surface area contributed by atoms with Gasteiger partial charge in [0, 0.05) is 19.3 Å². The number of hydrogen-bond donors (Lipinski definition) is 0. The van der Waals surface area contributed by atoms with E-state index in [1.165, 1.54) is 186 Å². The van der Waals surface area contributed by atoms with Gasteiger partial charge in [0.1, 0.15) is 13.2 Å². The van der Waals surface area contributed by atoms with Crippen molar-refractivity contribution in [3.05, 3.63) is 72.9 Å². The SMILES string of the molecule is CC/C=C\C/C=C\C/C=C\C/C=C\C/C=C\CCCC(=O)OC[C@H](COC(=O)CCCCCCCCC/C=C\CCCCCCCCCC)OC(=O)CCCCCCCCCCCCCCCCCCCC. The highest BCUT2D eigenvalue weighted by Crippen LogP contribution is 2.17. The first-order valence-electron chi connectivity index (χ1n) is 30.9. The predicted molar refractivity (Wildman–Crippen MR) is 311 cm³/mol. The topological polar surface area (TPSA) is 78.9 Å². The van der Waals surface area contributed by atoms with Crippen LogP contribution in [0, 0.1) is 0 Å². The molecule has 0 saturated carbocycles. The molecular formula is C66H116O6. The van der Waals surface area contributed by atoms with Crippen LogP contribution in [0.4, 0.5) is 0 Å². The van der Waals surface area contributed by atoms with Crippen LogP contribution in [0.3, 0.4) is 0 Å². The molecule has 0 aromatic heterocycles. The molecule has 6 nitrogen and oxygen atoms in total. The quantitative estimate of drug-likeness (QED) is 0.0261. The first kappa shape index (κ1) is 68.8. The maximum atomic E-state index is 12.9. The van der Waals surface area contributed by atoms with Crippen molar-refractivity contribution >= 4 is 17.9 Å². The van der Waals surface area contributed by atoms with Gasteiger partial charge in [0.15, 0.2) is 6.10 Å². The lowest BCUT2D eigenvalue weighted by atomic mass is 10.0. The monoisotopic (exact) mass is 1000 g/mol. The fourth-order valence-electron chi connectivity index (χ4n) is 8.83. The molecule has 0 aromatic rings. The number of allylic oxidation sites excluding steroid dienone is 12. The van der Waals surface area contributed by atoms with Crippen LogP contribution in [-0.4, -0.2) is 37.2 Å². The molecule has 6 heteroatoms. The Morgan fingerprint density at radius 2 is 0.556 bits per heavy atom. The second kappa shape index (κ2) is 60.4. The van der Waals surface area contributed by atoms with Gasteiger partial charge in [-0.05, 0) is 83.5 Å². The van der Waals surface area contributed by atoms with Crippen LogP contribution in [0.2, 0.25) is 0 Å². The number of rotatable bonds is 56. The molecule has 0 spiro atoms. The van der Waals surface area contributed by atoms with Gasteiger partial charge in [-0.1, -0.05) is 280 Å². The Balaban J connectivity index is 4.43. The van der Waals surface area contributed by atoms with Crippen LogP contribution in [0.25, 0.3) is 0 Å². The van der Waals surface area contributed by atoms with E-state index < -0.39 is 6.10 Å². The van der Waals surface area contributed by atoms with Gasteiger partial charge in [0.05, 0.1) is 0 Å². The van der Waals surface area contributed by atoms with E-state index in [0.717, 1.165) is 77.0 Å². The molecule has 0 aliphatic heterocycles. The summed E-state index contributed by atoms with van der Waals surface area (Å²) in [5.74, 6) is -0.942. The van der Waals surface area contributed by atoms with E-state index in [1.807, 2.05) is 0 Å². The van der Waals surface area contributed by atoms with Gasteiger partial charge in [-0.25, -0.2) is 0 Å². The average molecular weight is 1010 g/mol. The standard InChI is InChI=1S/C66H116O6/c1-4-7-10-13-16-19-22-25-28-31-33-36-38-41-44-47-50-53-56-59-65(68)71-62-63(61-70-64(67)58-55-52-49-46-43-40-37-34-30-27-24-21-18-15-12-9-6-3)72-66(69)60-57-54-51-48-45-42-39-35-32-29-26-23-20-17-14-11-8-5-2/h9,12,18,21,27,30-31,33,37,40,46,49,63H,4-8,10-11,13-17,19-20,22-26,28-29,32,34-36,38-39,41-45,47-48,50-62H2,1-3H3/b12-9-,21-18-,30-27-,33-31-,40-37-,49-46-/t63-/m1/s1. The lowest BCUT2D eigenvalue weighted by Crippen LogP contribution is -2.30. The normalized spacial score (nSPS) is 12.5. The van der Waals surface area contributed by atoms with Crippen LogP contribution in [0.1, 0.15) is 310 Å². The highest BCUT2D eigenvalue weighted by molar-refractivity contribution is 5.71. The number of esters is 3. The zero-order valence-corrected chi connectivity index (χ0v) is 47.7. The second-order valence-electron chi connectivity index (χ2n) is 20.6. The maximum Gasteiger partial charge on any atom is 0.306 e. The molecular weight excluding hydrogens is 889 g/mol. The lowest BCUT2D eigenvalue weighted by molar-refractivity contribution is -0.167. The summed E-state index contributed by atoms with van der Waals surface area (Å²) in [5.41, 5.74) is 0. The average Bonchev–Trinajstić information content (AvgIpc) is 3.38. The van der Waals surface area contributed by atoms with Crippen molar-refractivity contribution in [3.63, 3.8) is 0 Å². The van der Waals surface area contributed by atoms with Gasteiger partial charge in [-0.2, -0.15) is 0 Å². The summed E-state index contributed by atoms with van der Waals surface area (Å²) in [6.07, 6.45) is 77.6. The molecule has 0 N–H and O–H groups in total. The molecule has 0 bridgehead atoms. The Morgan fingerprint density at radius 3 is 0.917 bits per heavy atom. The van der Waals surface area contributed by atoms with Crippen molar-refractivity contribution in [3.8, 4) is 0 Å². The van der Waals surface area contributed by atoms with Gasteiger partial charge < -0.3 is 14.2 Å². The van der Waals surface area contributed by atoms with Crippen molar-refractivity contribution in [1.82, 2.24) is 0 Å². The minimum atomic E-state index is -0.799. The highest BCUT2D eigenvalue weighted by Gasteiger charge is 2.19. The minimum absolute atomic E-state index is 0.0927. The smallest absolute Gasteiger partial charge is 0.306 e. The van der Waals surface area contributed by atoms with E-state index >= 15 is 0 Å². The molecule has 0 amide bonds. The molecule has 0 fully saturated rings. The second-order valence-corrected chi connectivity index (χ2v) is 20.6. The van der Waals surface area contributed by atoms with Crippen LogP contribution < -0.4 is 0 Å². The molecule has 0 heterocycles. The molecule has 0 rings (SSSR count). The van der Waals surface area contributed by atoms with E-state index in [2.05, 4.69) is 93.7 Å². The molecule has 0 saturated heterocycles. The van der Waals surface area contributed by atoms with E-state index in [4.69, 9.17) is 14.2 Å². The molecule has 72 heavy (non-hydrogen) atoms. The van der Waals surface area contributed by atoms with Crippen LogP contribution in [0.15, 0.2) is 72.9 Å². The first-order valence-corrected chi connectivity index (χ1v) is 30.9. The number of hydrogen-bond acceptors (Lipinski definition) is 6. The van der Waals surface area contributed by atoms with Gasteiger partial charge in [-0.15, -0.1) is 0 Å². The zero-order chi connectivity index (χ0) is 52.2. The largest absolute Gasteiger partial charge is 0.462 e. The fraction of sp³-hybridized carbons (Fsp3) is 0.773. The van der Waals surface area contributed by atoms with E-state index in [1.54, 1.807) is 0 Å². The summed E-state index contributed by atoms with van der Waals surface area (Å²) in [6, 6.07) is 0. The van der Waals surface area contributed by atoms with Crippen molar-refractivity contribution in [2.75, 3.05) is 13.2 Å². The number of carbonyl (C=O) groups is 3. The van der Waals surface area contributed by atoms with E-state index in [0.29, 0.717) is 19.3 Å². The third kappa shape index (κ3) is 57.7. The lowest BCUT2D eigenvalue weighted by Gasteiger charge is -2.18. The maximum absolute atomic E-state index is 12.9. The summed E-state index contributed by atoms with van der Waals surface area (Å²) < 4.78 is 16.9. The van der Waals surface area contributed by atoms with E-state index in [9.17, 15) is 14.4 Å². The van der Waals surface area contributed by atoms with Crippen molar-refractivity contribution in [2.45, 2.75) is 316 Å². The van der Waals surface area contributed by atoms with Gasteiger partial charge in [-0.3, -0.25) is 14.4 Å². The van der Waals surface area contributed by atoms with Crippen LogP contribution in [0.5, 0.6) is 0 Å². The number of carbonyl (C=O) groups excluding carboxylic acids is 3. The Hall–Kier alpha value is -3.15. The van der Waals surface area contributed by atoms with Crippen LogP contribution in [-0.2, 0) is 28.6 Å². The minimum Gasteiger partial charge on any atom is -0.462 e. The Morgan fingerprint density at radius 1 is 0.292 bits per heavy atom. The summed E-state index contributed by atoms with van der Waals surface area (Å²) >= 11 is 0. The van der Waals surface area contributed by atoms with Gasteiger partial charge >= 0.3 is 17.9 Å². The molecule has 0 aliphatic carbocycles. The van der Waals surface area contributed by atoms with Gasteiger partial charge in [0.25, 0.3) is 0 Å². The van der Waals surface area contributed by atoms with Crippen molar-refractivity contribution in [2.24, 2.45) is 0 Å². The van der Waals surface area contributed by atoms with Crippen molar-refractivity contribution in [1.29, 1.82) is 0 Å². The Kier molecular flexibility index (Phi) is 57.8. The molecule has 0 unspecified atom stereocenters. The highest BCUT2D eigenvalue weighted by atomic mass is 16.6. The molecule has 1 atom stereocenters. The third-order valence-electron chi connectivity index (χ3n) is 13.4. The first-order chi connectivity index (χ1) is 35.5. The summed E-state index contributed by atoms with van der Waals surface area (Å²) in [7, 11) is 0. The zero-order valence-electron chi connectivity index (χ0n) is 47.7. The Labute approximate surface area is 446 Å². The van der Waals surface area contributed by atoms with Crippen molar-refractivity contribution < 1.29 is 28.6 Å². The summed E-state index contributed by atoms with van der Waals surface area (Å²) in [5, 5.41) is 0. The third-order valence-corrected chi connectivity index (χ3v) is 13.4. The molecule has 0 aliphatic rings. The van der Waals surface area contributed by atoms with E-state index in [-0.39, 0.29) is 37.5 Å². The number of unbranched alkanes of at least 4 members (excludes halogenated alkanes) is 33. The molecule has 416 valence electrons.